The van der Waals surface area contributed by atoms with Gasteiger partial charge >= 0.3 is 6.03 Å². The molecule has 0 saturated carbocycles. The summed E-state index contributed by atoms with van der Waals surface area (Å²) in [5.41, 5.74) is 2.53. The summed E-state index contributed by atoms with van der Waals surface area (Å²) in [7, 11) is 0. The lowest BCUT2D eigenvalue weighted by atomic mass is 10.0. The number of anilines is 1. The van der Waals surface area contributed by atoms with Crippen molar-refractivity contribution in [3.05, 3.63) is 63.7 Å². The minimum absolute atomic E-state index is 0.163. The maximum atomic E-state index is 13.0. The van der Waals surface area contributed by atoms with E-state index in [9.17, 15) is 14.4 Å². The van der Waals surface area contributed by atoms with E-state index in [4.69, 9.17) is 16.3 Å². The average Bonchev–Trinajstić information content (AvgIpc) is 2.60. The molecule has 0 unspecified atom stereocenters. The molecule has 1 heterocycles. The molecule has 0 aliphatic carbocycles. The van der Waals surface area contributed by atoms with Crippen molar-refractivity contribution < 1.29 is 19.1 Å². The number of carbonyl (C=O) groups excluding carboxylic acids is 3. The van der Waals surface area contributed by atoms with Crippen molar-refractivity contribution in [2.24, 2.45) is 0 Å². The second-order valence-corrected chi connectivity index (χ2v) is 6.84. The predicted octanol–water partition coefficient (Wildman–Crippen LogP) is 4.02. The number of amides is 4. The smallest absolute Gasteiger partial charge is 0.335 e. The molecule has 0 spiro atoms. The standard InChI is InChI=1S/C21H19ClN2O4/c1-4-28-16-9-14(8-15(22)11-16)10-17-19(25)23-21(27)24(20(17)26)18-6-5-12(2)7-13(18)3/h5-11H,4H2,1-3H3,(H,23,25,27)/b17-10+. The van der Waals surface area contributed by atoms with Crippen LogP contribution in [0, 0.1) is 13.8 Å². The molecule has 6 nitrogen and oxygen atoms in total. The molecule has 2 aromatic carbocycles. The van der Waals surface area contributed by atoms with Crippen LogP contribution in [0.4, 0.5) is 10.5 Å². The van der Waals surface area contributed by atoms with Gasteiger partial charge in [-0.3, -0.25) is 14.9 Å². The summed E-state index contributed by atoms with van der Waals surface area (Å²) < 4.78 is 5.44. The summed E-state index contributed by atoms with van der Waals surface area (Å²) in [6.07, 6.45) is 1.40. The van der Waals surface area contributed by atoms with Crippen LogP contribution >= 0.6 is 11.6 Å². The largest absolute Gasteiger partial charge is 0.494 e. The molecule has 1 N–H and O–H groups in total. The molecular formula is C21H19ClN2O4. The van der Waals surface area contributed by atoms with E-state index in [0.29, 0.717) is 28.6 Å². The molecule has 7 heteroatoms. The quantitative estimate of drug-likeness (QED) is 0.623. The van der Waals surface area contributed by atoms with E-state index >= 15 is 0 Å². The molecule has 0 aromatic heterocycles. The summed E-state index contributed by atoms with van der Waals surface area (Å²) >= 11 is 6.10. The van der Waals surface area contributed by atoms with Crippen LogP contribution in [-0.4, -0.2) is 24.5 Å². The van der Waals surface area contributed by atoms with E-state index < -0.39 is 17.8 Å². The number of rotatable bonds is 4. The molecule has 1 aliphatic heterocycles. The SMILES string of the molecule is CCOc1cc(Cl)cc(/C=C2\C(=O)NC(=O)N(c3ccc(C)cc3C)C2=O)c1. The number of nitrogens with zero attached hydrogens (tertiary/aromatic N) is 1. The zero-order valence-corrected chi connectivity index (χ0v) is 16.5. The van der Waals surface area contributed by atoms with Crippen LogP contribution in [0.3, 0.4) is 0 Å². The highest BCUT2D eigenvalue weighted by Crippen LogP contribution is 2.27. The van der Waals surface area contributed by atoms with Gasteiger partial charge in [0.15, 0.2) is 0 Å². The van der Waals surface area contributed by atoms with Crippen molar-refractivity contribution in [2.75, 3.05) is 11.5 Å². The molecule has 144 valence electrons. The van der Waals surface area contributed by atoms with Gasteiger partial charge in [-0.1, -0.05) is 29.3 Å². The number of nitrogens with one attached hydrogen (secondary N) is 1. The second kappa shape index (κ2) is 7.86. The Balaban J connectivity index is 2.04. The Morgan fingerprint density at radius 1 is 1.11 bits per heavy atom. The Labute approximate surface area is 167 Å². The zero-order valence-electron chi connectivity index (χ0n) is 15.7. The Morgan fingerprint density at radius 3 is 2.54 bits per heavy atom. The van der Waals surface area contributed by atoms with E-state index in [2.05, 4.69) is 5.32 Å². The Morgan fingerprint density at radius 2 is 1.86 bits per heavy atom. The fourth-order valence-corrected chi connectivity index (χ4v) is 3.25. The second-order valence-electron chi connectivity index (χ2n) is 6.40. The van der Waals surface area contributed by atoms with Gasteiger partial charge in [-0.15, -0.1) is 0 Å². The number of ether oxygens (including phenoxy) is 1. The van der Waals surface area contributed by atoms with Gasteiger partial charge in [0.2, 0.25) is 0 Å². The fraction of sp³-hybridized carbons (Fsp3) is 0.190. The number of halogens is 1. The first kappa shape index (κ1) is 19.6. The third kappa shape index (κ3) is 3.92. The van der Waals surface area contributed by atoms with Gasteiger partial charge in [-0.2, -0.15) is 0 Å². The zero-order chi connectivity index (χ0) is 20.4. The van der Waals surface area contributed by atoms with Crippen LogP contribution in [0.2, 0.25) is 5.02 Å². The number of urea groups is 1. The van der Waals surface area contributed by atoms with Gasteiger partial charge in [0.25, 0.3) is 11.8 Å². The van der Waals surface area contributed by atoms with E-state index in [1.165, 1.54) is 6.08 Å². The summed E-state index contributed by atoms with van der Waals surface area (Å²) in [5, 5.41) is 2.63. The van der Waals surface area contributed by atoms with E-state index in [1.807, 2.05) is 19.9 Å². The molecule has 1 aliphatic rings. The van der Waals surface area contributed by atoms with Crippen LogP contribution in [0.15, 0.2) is 42.0 Å². The third-order valence-corrected chi connectivity index (χ3v) is 4.43. The summed E-state index contributed by atoms with van der Waals surface area (Å²) in [6.45, 7) is 6.00. The van der Waals surface area contributed by atoms with Gasteiger partial charge in [0.1, 0.15) is 11.3 Å². The number of carbonyl (C=O) groups is 3. The first-order valence-corrected chi connectivity index (χ1v) is 9.10. The lowest BCUT2D eigenvalue weighted by molar-refractivity contribution is -0.122. The molecule has 28 heavy (non-hydrogen) atoms. The van der Waals surface area contributed by atoms with Crippen molar-refractivity contribution in [3.8, 4) is 5.75 Å². The highest BCUT2D eigenvalue weighted by atomic mass is 35.5. The topological polar surface area (TPSA) is 75.7 Å². The lowest BCUT2D eigenvalue weighted by Crippen LogP contribution is -2.54. The van der Waals surface area contributed by atoms with E-state index in [1.54, 1.807) is 37.3 Å². The van der Waals surface area contributed by atoms with Crippen molar-refractivity contribution in [1.29, 1.82) is 0 Å². The molecule has 4 amide bonds. The van der Waals surface area contributed by atoms with Gasteiger partial charge in [-0.25, -0.2) is 9.69 Å². The van der Waals surface area contributed by atoms with Crippen LogP contribution < -0.4 is 15.0 Å². The Hall–Kier alpha value is -3.12. The van der Waals surface area contributed by atoms with Crippen LogP contribution in [-0.2, 0) is 9.59 Å². The molecule has 0 atom stereocenters. The first-order valence-electron chi connectivity index (χ1n) is 8.72. The number of imide groups is 2. The summed E-state index contributed by atoms with van der Waals surface area (Å²) in [5.74, 6) is -0.930. The van der Waals surface area contributed by atoms with Crippen molar-refractivity contribution >= 4 is 41.2 Å². The van der Waals surface area contributed by atoms with Crippen molar-refractivity contribution in [1.82, 2.24) is 5.32 Å². The summed E-state index contributed by atoms with van der Waals surface area (Å²) in [4.78, 5) is 38.6. The Kier molecular flexibility index (Phi) is 5.51. The van der Waals surface area contributed by atoms with E-state index in [-0.39, 0.29) is 5.57 Å². The fourth-order valence-electron chi connectivity index (χ4n) is 3.02. The monoisotopic (exact) mass is 398 g/mol. The Bertz CT molecular complexity index is 1010. The van der Waals surface area contributed by atoms with Crippen LogP contribution in [0.1, 0.15) is 23.6 Å². The third-order valence-electron chi connectivity index (χ3n) is 4.21. The highest BCUT2D eigenvalue weighted by molar-refractivity contribution is 6.39. The van der Waals surface area contributed by atoms with Gasteiger partial charge < -0.3 is 4.74 Å². The number of benzene rings is 2. The van der Waals surface area contributed by atoms with Crippen molar-refractivity contribution in [2.45, 2.75) is 20.8 Å². The number of hydrogen-bond acceptors (Lipinski definition) is 4. The van der Waals surface area contributed by atoms with E-state index in [0.717, 1.165) is 16.0 Å². The molecule has 0 bridgehead atoms. The molecular weight excluding hydrogens is 380 g/mol. The maximum Gasteiger partial charge on any atom is 0.335 e. The lowest BCUT2D eigenvalue weighted by Gasteiger charge is -2.27. The molecule has 1 saturated heterocycles. The van der Waals surface area contributed by atoms with Crippen LogP contribution in [0.5, 0.6) is 5.75 Å². The van der Waals surface area contributed by atoms with Crippen LogP contribution in [0.25, 0.3) is 6.08 Å². The minimum atomic E-state index is -0.778. The average molecular weight is 399 g/mol. The number of barbiturate groups is 1. The summed E-state index contributed by atoms with van der Waals surface area (Å²) in [6, 6.07) is 9.48. The molecule has 3 rings (SSSR count). The van der Waals surface area contributed by atoms with Gasteiger partial charge in [0, 0.05) is 5.02 Å². The molecule has 1 fully saturated rings. The molecule has 0 radical (unpaired) electrons. The highest BCUT2D eigenvalue weighted by Gasteiger charge is 2.37. The predicted molar refractivity (Wildman–Crippen MR) is 108 cm³/mol. The number of aryl methyl sites for hydroxylation is 2. The van der Waals surface area contributed by atoms with Crippen molar-refractivity contribution in [3.63, 3.8) is 0 Å². The van der Waals surface area contributed by atoms with Gasteiger partial charge in [0.05, 0.1) is 12.3 Å². The minimum Gasteiger partial charge on any atom is -0.494 e. The first-order chi connectivity index (χ1) is 13.3. The van der Waals surface area contributed by atoms with Gasteiger partial charge in [-0.05, 0) is 62.2 Å². The molecule has 2 aromatic rings. The normalized spacial score (nSPS) is 15.8. The maximum absolute atomic E-state index is 13.0. The number of hydrogen-bond donors (Lipinski definition) is 1.